The van der Waals surface area contributed by atoms with Crippen LogP contribution in [0, 0.1) is 0 Å². The molecule has 1 N–H and O–H groups in total. The van der Waals surface area contributed by atoms with Crippen molar-refractivity contribution in [3.63, 3.8) is 0 Å². The fourth-order valence-electron chi connectivity index (χ4n) is 2.69. The van der Waals surface area contributed by atoms with Crippen LogP contribution >= 0.6 is 11.6 Å². The average Bonchev–Trinajstić information content (AvgIpc) is 3.13. The van der Waals surface area contributed by atoms with Crippen molar-refractivity contribution in [1.82, 2.24) is 5.32 Å². The van der Waals surface area contributed by atoms with E-state index in [9.17, 15) is 4.79 Å². The van der Waals surface area contributed by atoms with E-state index in [0.29, 0.717) is 29.6 Å². The summed E-state index contributed by atoms with van der Waals surface area (Å²) in [6, 6.07) is 17.1. The van der Waals surface area contributed by atoms with Crippen LogP contribution in [-0.2, 0) is 4.79 Å². The third kappa shape index (κ3) is 5.14. The summed E-state index contributed by atoms with van der Waals surface area (Å²) in [6.45, 7) is 2.43. The molecule has 0 saturated carbocycles. The fraction of sp³-hybridized carbons (Fsp3) is 0.227. The van der Waals surface area contributed by atoms with E-state index in [1.807, 2.05) is 61.5 Å². The van der Waals surface area contributed by atoms with Crippen LogP contribution in [0.15, 0.2) is 65.1 Å². The Morgan fingerprint density at radius 3 is 2.81 bits per heavy atom. The number of furan rings is 1. The Kier molecular flexibility index (Phi) is 6.55. The number of benzene rings is 2. The molecule has 0 radical (unpaired) electrons. The van der Waals surface area contributed by atoms with Gasteiger partial charge in [-0.05, 0) is 37.1 Å². The van der Waals surface area contributed by atoms with Gasteiger partial charge in [0.25, 0.3) is 0 Å². The van der Waals surface area contributed by atoms with Crippen molar-refractivity contribution in [3.8, 4) is 5.75 Å². The second-order valence-electron chi connectivity index (χ2n) is 6.19. The molecule has 4 nitrogen and oxygen atoms in total. The molecule has 1 atom stereocenters. The van der Waals surface area contributed by atoms with Crippen molar-refractivity contribution in [2.75, 3.05) is 12.5 Å². The lowest BCUT2D eigenvalue weighted by Crippen LogP contribution is -2.24. The van der Waals surface area contributed by atoms with E-state index < -0.39 is 0 Å². The van der Waals surface area contributed by atoms with Crippen LogP contribution in [-0.4, -0.2) is 18.4 Å². The summed E-state index contributed by atoms with van der Waals surface area (Å²) >= 11 is 5.70. The quantitative estimate of drug-likeness (QED) is 0.325. The van der Waals surface area contributed by atoms with Crippen molar-refractivity contribution in [1.29, 1.82) is 0 Å². The minimum atomic E-state index is -0.263. The average molecular weight is 384 g/mol. The SMILES string of the molecule is CC(NC(=O)C=Cc1ccccc1)c1cc2cccc(OCCCCl)c2o1. The van der Waals surface area contributed by atoms with Crippen molar-refractivity contribution < 1.29 is 13.9 Å². The molecule has 0 aliphatic heterocycles. The summed E-state index contributed by atoms with van der Waals surface area (Å²) in [5, 5.41) is 3.86. The normalized spacial score (nSPS) is 12.4. The molecule has 0 spiro atoms. The van der Waals surface area contributed by atoms with E-state index in [1.165, 1.54) is 6.08 Å². The lowest BCUT2D eigenvalue weighted by molar-refractivity contribution is -0.117. The number of hydrogen-bond donors (Lipinski definition) is 1. The number of rotatable bonds is 8. The highest BCUT2D eigenvalue weighted by atomic mass is 35.5. The molecule has 1 heterocycles. The summed E-state index contributed by atoms with van der Waals surface area (Å²) in [6.07, 6.45) is 4.07. The van der Waals surface area contributed by atoms with Gasteiger partial charge in [-0.15, -0.1) is 11.6 Å². The number of carbonyl (C=O) groups excluding carboxylic acids is 1. The topological polar surface area (TPSA) is 51.5 Å². The van der Waals surface area contributed by atoms with Crippen molar-refractivity contribution >= 4 is 34.6 Å². The number of nitrogens with one attached hydrogen (secondary N) is 1. The van der Waals surface area contributed by atoms with E-state index >= 15 is 0 Å². The lowest BCUT2D eigenvalue weighted by atomic mass is 10.2. The molecule has 1 unspecified atom stereocenters. The highest BCUT2D eigenvalue weighted by Gasteiger charge is 2.15. The molecule has 0 aliphatic rings. The van der Waals surface area contributed by atoms with E-state index in [2.05, 4.69) is 5.32 Å². The molecule has 2 aromatic carbocycles. The molecule has 0 fully saturated rings. The van der Waals surface area contributed by atoms with E-state index in [1.54, 1.807) is 6.08 Å². The van der Waals surface area contributed by atoms with Gasteiger partial charge in [-0.3, -0.25) is 4.79 Å². The first-order chi connectivity index (χ1) is 13.2. The molecule has 0 bridgehead atoms. The van der Waals surface area contributed by atoms with Crippen molar-refractivity contribution in [3.05, 3.63) is 72.0 Å². The standard InChI is InChI=1S/C22H22ClNO3/c1-16(24-21(25)12-11-17-7-3-2-4-8-17)20-15-18-9-5-10-19(22(18)27-20)26-14-6-13-23/h2-5,7-12,15-16H,6,13-14H2,1H3,(H,24,25). The van der Waals surface area contributed by atoms with Gasteiger partial charge in [0.15, 0.2) is 11.3 Å². The number of hydrogen-bond acceptors (Lipinski definition) is 3. The molecule has 3 rings (SSSR count). The van der Waals surface area contributed by atoms with Crippen LogP contribution in [0.5, 0.6) is 5.75 Å². The zero-order valence-electron chi connectivity index (χ0n) is 15.2. The lowest BCUT2D eigenvalue weighted by Gasteiger charge is -2.09. The van der Waals surface area contributed by atoms with Crippen LogP contribution in [0.4, 0.5) is 0 Å². The Morgan fingerprint density at radius 1 is 1.22 bits per heavy atom. The molecular weight excluding hydrogens is 362 g/mol. The van der Waals surface area contributed by atoms with Gasteiger partial charge in [0.2, 0.25) is 5.91 Å². The Hall–Kier alpha value is -2.72. The van der Waals surface area contributed by atoms with Gasteiger partial charge in [0.1, 0.15) is 5.76 Å². The van der Waals surface area contributed by atoms with Gasteiger partial charge < -0.3 is 14.5 Å². The van der Waals surface area contributed by atoms with E-state index in [-0.39, 0.29) is 11.9 Å². The Labute approximate surface area is 163 Å². The van der Waals surface area contributed by atoms with Gasteiger partial charge in [0.05, 0.1) is 12.6 Å². The molecular formula is C22H22ClNO3. The van der Waals surface area contributed by atoms with Gasteiger partial charge in [-0.2, -0.15) is 0 Å². The summed E-state index contributed by atoms with van der Waals surface area (Å²) < 4.78 is 11.7. The van der Waals surface area contributed by atoms with Crippen molar-refractivity contribution in [2.45, 2.75) is 19.4 Å². The van der Waals surface area contributed by atoms with Gasteiger partial charge in [-0.1, -0.05) is 42.5 Å². The molecule has 140 valence electrons. The number of amides is 1. The Bertz CT molecular complexity index is 918. The number of fused-ring (bicyclic) bond motifs is 1. The van der Waals surface area contributed by atoms with Gasteiger partial charge in [-0.25, -0.2) is 0 Å². The Balaban J connectivity index is 1.68. The zero-order chi connectivity index (χ0) is 19.1. The summed E-state index contributed by atoms with van der Waals surface area (Å²) in [4.78, 5) is 12.2. The van der Waals surface area contributed by atoms with Gasteiger partial charge >= 0.3 is 0 Å². The van der Waals surface area contributed by atoms with Crippen LogP contribution in [0.2, 0.25) is 0 Å². The first kappa shape index (κ1) is 19.1. The van der Waals surface area contributed by atoms with Crippen LogP contribution in [0.25, 0.3) is 17.0 Å². The highest BCUT2D eigenvalue weighted by Crippen LogP contribution is 2.31. The minimum Gasteiger partial charge on any atom is -0.490 e. The summed E-state index contributed by atoms with van der Waals surface area (Å²) in [5.41, 5.74) is 1.66. The smallest absolute Gasteiger partial charge is 0.244 e. The number of halogens is 1. The first-order valence-corrected chi connectivity index (χ1v) is 9.45. The molecule has 1 amide bonds. The van der Waals surface area contributed by atoms with Crippen molar-refractivity contribution in [2.24, 2.45) is 0 Å². The Morgan fingerprint density at radius 2 is 2.04 bits per heavy atom. The maximum absolute atomic E-state index is 12.2. The third-order valence-electron chi connectivity index (χ3n) is 4.07. The largest absolute Gasteiger partial charge is 0.490 e. The number of ether oxygens (including phenoxy) is 1. The van der Waals surface area contributed by atoms with Gasteiger partial charge in [0, 0.05) is 17.3 Å². The molecule has 0 saturated heterocycles. The molecule has 3 aromatic rings. The second kappa shape index (κ2) is 9.28. The summed E-state index contributed by atoms with van der Waals surface area (Å²) in [5.74, 6) is 1.75. The van der Waals surface area contributed by atoms with Crippen LogP contribution in [0.1, 0.15) is 30.7 Å². The monoisotopic (exact) mass is 383 g/mol. The minimum absolute atomic E-state index is 0.176. The fourth-order valence-corrected chi connectivity index (χ4v) is 2.80. The van der Waals surface area contributed by atoms with Crippen LogP contribution in [0.3, 0.4) is 0 Å². The molecule has 1 aromatic heterocycles. The predicted molar refractivity (Wildman–Crippen MR) is 109 cm³/mol. The first-order valence-electron chi connectivity index (χ1n) is 8.92. The number of para-hydroxylation sites is 1. The van der Waals surface area contributed by atoms with E-state index in [0.717, 1.165) is 17.4 Å². The number of alkyl halides is 1. The summed E-state index contributed by atoms with van der Waals surface area (Å²) in [7, 11) is 0. The maximum Gasteiger partial charge on any atom is 0.244 e. The number of carbonyl (C=O) groups is 1. The molecule has 27 heavy (non-hydrogen) atoms. The maximum atomic E-state index is 12.2. The zero-order valence-corrected chi connectivity index (χ0v) is 15.9. The second-order valence-corrected chi connectivity index (χ2v) is 6.57. The molecule has 5 heteroatoms. The highest BCUT2D eigenvalue weighted by molar-refractivity contribution is 6.17. The third-order valence-corrected chi connectivity index (χ3v) is 4.34. The predicted octanol–water partition coefficient (Wildman–Crippen LogP) is 5.33. The van der Waals surface area contributed by atoms with Crippen LogP contribution < -0.4 is 10.1 Å². The van der Waals surface area contributed by atoms with E-state index in [4.69, 9.17) is 20.8 Å². The molecule has 0 aliphatic carbocycles.